The molecule has 3 rings (SSSR count). The third kappa shape index (κ3) is 9.09. The van der Waals surface area contributed by atoms with Crippen molar-refractivity contribution in [2.45, 2.75) is 58.5 Å². The average molecular weight is 571 g/mol. The Balaban J connectivity index is 1.74. The molecule has 2 amide bonds. The Kier molecular flexibility index (Phi) is 10.7. The second kappa shape index (κ2) is 14.2. The van der Waals surface area contributed by atoms with Crippen molar-refractivity contribution in [1.82, 2.24) is 20.6 Å². The van der Waals surface area contributed by atoms with Gasteiger partial charge in [0.15, 0.2) is 5.82 Å². The summed E-state index contributed by atoms with van der Waals surface area (Å²) in [7, 11) is 0. The molecule has 0 saturated heterocycles. The van der Waals surface area contributed by atoms with Crippen LogP contribution >= 0.6 is 0 Å². The Morgan fingerprint density at radius 3 is 2.07 bits per heavy atom. The second-order valence-corrected chi connectivity index (χ2v) is 11.2. The van der Waals surface area contributed by atoms with E-state index in [0.29, 0.717) is 5.82 Å². The molecule has 220 valence electrons. The van der Waals surface area contributed by atoms with Crippen LogP contribution in [0, 0.1) is 0 Å². The predicted molar refractivity (Wildman–Crippen MR) is 164 cm³/mol. The zero-order valence-electron chi connectivity index (χ0n) is 24.6. The zero-order chi connectivity index (χ0) is 30.9. The van der Waals surface area contributed by atoms with Gasteiger partial charge >= 0.3 is 5.97 Å². The van der Waals surface area contributed by atoms with Crippen molar-refractivity contribution >= 4 is 24.0 Å². The van der Waals surface area contributed by atoms with E-state index in [1.54, 1.807) is 24.5 Å². The van der Waals surface area contributed by atoms with Gasteiger partial charge in [-0.1, -0.05) is 69.3 Å². The van der Waals surface area contributed by atoms with Crippen molar-refractivity contribution in [3.05, 3.63) is 83.8 Å². The molecule has 1 unspecified atom stereocenters. The standard InChI is InChI=1S/C32H38N6O4/c1-20(2)34-16-24(15-33)30(41)38-27(31(42)37-19-28(39)40)14-21-6-8-23(9-7-21)29-35-17-25(18-36-29)22-10-12-26(13-11-22)32(3,4)5/h6-13,15-18,20,27H,14,19,33H2,1-5H3,(H,37,42)(H,38,41)(H,39,40). The first-order valence-electron chi connectivity index (χ1n) is 13.6. The first kappa shape index (κ1) is 31.7. The lowest BCUT2D eigenvalue weighted by atomic mass is 9.86. The third-order valence-electron chi connectivity index (χ3n) is 6.38. The number of hydrogen-bond donors (Lipinski definition) is 4. The van der Waals surface area contributed by atoms with Crippen LogP contribution in [0.3, 0.4) is 0 Å². The van der Waals surface area contributed by atoms with E-state index < -0.39 is 30.4 Å². The number of aliphatic imine (C=N–C) groups is 1. The molecule has 1 heterocycles. The molecular formula is C32H38N6O4. The van der Waals surface area contributed by atoms with E-state index in [1.807, 2.05) is 26.0 Å². The molecule has 2 aromatic carbocycles. The number of carboxylic acids is 1. The first-order chi connectivity index (χ1) is 19.9. The Labute approximate surface area is 246 Å². The number of nitrogens with one attached hydrogen (secondary N) is 2. The van der Waals surface area contributed by atoms with Gasteiger partial charge in [0.1, 0.15) is 12.6 Å². The lowest BCUT2D eigenvalue weighted by Crippen LogP contribution is -2.49. The summed E-state index contributed by atoms with van der Waals surface area (Å²) in [6, 6.07) is 14.5. The Hall–Kier alpha value is -4.86. The number of carboxylic acid groups (broad SMARTS) is 1. The number of hydrogen-bond acceptors (Lipinski definition) is 7. The highest BCUT2D eigenvalue weighted by atomic mass is 16.4. The molecule has 5 N–H and O–H groups in total. The van der Waals surface area contributed by atoms with E-state index in [-0.39, 0.29) is 23.5 Å². The van der Waals surface area contributed by atoms with Gasteiger partial charge < -0.3 is 21.5 Å². The normalized spacial score (nSPS) is 12.8. The monoisotopic (exact) mass is 570 g/mol. The van der Waals surface area contributed by atoms with Gasteiger partial charge in [-0.15, -0.1) is 0 Å². The maximum absolute atomic E-state index is 12.8. The highest BCUT2D eigenvalue weighted by Gasteiger charge is 2.23. The highest BCUT2D eigenvalue weighted by molar-refractivity contribution is 6.13. The summed E-state index contributed by atoms with van der Waals surface area (Å²) in [4.78, 5) is 49.8. The lowest BCUT2D eigenvalue weighted by molar-refractivity contribution is -0.138. The summed E-state index contributed by atoms with van der Waals surface area (Å²) in [6.45, 7) is 9.64. The fraction of sp³-hybridized carbons (Fsp3) is 0.312. The summed E-state index contributed by atoms with van der Waals surface area (Å²) >= 11 is 0. The summed E-state index contributed by atoms with van der Waals surface area (Å²) in [5.41, 5.74) is 10.5. The number of carbonyl (C=O) groups is 3. The highest BCUT2D eigenvalue weighted by Crippen LogP contribution is 2.26. The topological polar surface area (TPSA) is 160 Å². The molecule has 10 heteroatoms. The molecule has 0 aliphatic heterocycles. The molecule has 0 aliphatic rings. The van der Waals surface area contributed by atoms with Gasteiger partial charge in [0.2, 0.25) is 5.91 Å². The number of nitrogens with zero attached hydrogens (tertiary/aromatic N) is 3. The van der Waals surface area contributed by atoms with Gasteiger partial charge in [0.25, 0.3) is 5.91 Å². The van der Waals surface area contributed by atoms with Crippen molar-refractivity contribution < 1.29 is 19.5 Å². The van der Waals surface area contributed by atoms with Gasteiger partial charge in [0.05, 0.1) is 5.57 Å². The van der Waals surface area contributed by atoms with Gasteiger partial charge in [0, 0.05) is 48.4 Å². The van der Waals surface area contributed by atoms with Crippen LogP contribution < -0.4 is 16.4 Å². The number of nitrogens with two attached hydrogens (primary N) is 1. The fourth-order valence-electron chi connectivity index (χ4n) is 3.96. The lowest BCUT2D eigenvalue weighted by Gasteiger charge is -2.19. The van der Waals surface area contributed by atoms with E-state index >= 15 is 0 Å². The molecule has 1 aromatic heterocycles. The van der Waals surface area contributed by atoms with Gasteiger partial charge in [-0.2, -0.15) is 0 Å². The van der Waals surface area contributed by atoms with Gasteiger partial charge in [-0.25, -0.2) is 9.97 Å². The molecule has 0 saturated carbocycles. The molecule has 1 atom stereocenters. The molecule has 0 aliphatic carbocycles. The van der Waals surface area contributed by atoms with Crippen molar-refractivity contribution in [1.29, 1.82) is 0 Å². The third-order valence-corrected chi connectivity index (χ3v) is 6.38. The van der Waals surface area contributed by atoms with E-state index in [1.165, 1.54) is 11.8 Å². The summed E-state index contributed by atoms with van der Waals surface area (Å²) in [5, 5.41) is 13.9. The number of rotatable bonds is 11. The van der Waals surface area contributed by atoms with Crippen LogP contribution in [0.25, 0.3) is 22.5 Å². The van der Waals surface area contributed by atoms with Crippen LogP contribution in [-0.2, 0) is 26.2 Å². The number of aromatic nitrogens is 2. The van der Waals surface area contributed by atoms with Crippen LogP contribution in [0.15, 0.2) is 77.7 Å². The predicted octanol–water partition coefficient (Wildman–Crippen LogP) is 3.66. The maximum atomic E-state index is 12.8. The molecule has 42 heavy (non-hydrogen) atoms. The molecule has 0 fully saturated rings. The zero-order valence-corrected chi connectivity index (χ0v) is 24.6. The summed E-state index contributed by atoms with van der Waals surface area (Å²) in [6.07, 6.45) is 6.13. The van der Waals surface area contributed by atoms with E-state index in [2.05, 4.69) is 70.6 Å². The van der Waals surface area contributed by atoms with Crippen molar-refractivity contribution in [3.8, 4) is 22.5 Å². The minimum Gasteiger partial charge on any atom is -0.480 e. The van der Waals surface area contributed by atoms with E-state index in [9.17, 15) is 14.4 Å². The number of aliphatic carboxylic acids is 1. The van der Waals surface area contributed by atoms with Crippen molar-refractivity contribution in [2.75, 3.05) is 6.54 Å². The quantitative estimate of drug-likeness (QED) is 0.202. The average Bonchev–Trinajstić information content (AvgIpc) is 2.96. The molecule has 0 bridgehead atoms. The summed E-state index contributed by atoms with van der Waals surface area (Å²) in [5.74, 6) is -1.89. The van der Waals surface area contributed by atoms with Crippen LogP contribution in [0.5, 0.6) is 0 Å². The minimum atomic E-state index is -1.20. The smallest absolute Gasteiger partial charge is 0.322 e. The fourth-order valence-corrected chi connectivity index (χ4v) is 3.96. The van der Waals surface area contributed by atoms with E-state index in [4.69, 9.17) is 10.8 Å². The largest absolute Gasteiger partial charge is 0.480 e. The number of carbonyl (C=O) groups excluding carboxylic acids is 2. The summed E-state index contributed by atoms with van der Waals surface area (Å²) < 4.78 is 0. The molecule has 0 spiro atoms. The molecule has 3 aromatic rings. The Bertz CT molecular complexity index is 1440. The van der Waals surface area contributed by atoms with Crippen LogP contribution in [0.4, 0.5) is 0 Å². The molecular weight excluding hydrogens is 532 g/mol. The van der Waals surface area contributed by atoms with Crippen molar-refractivity contribution in [3.63, 3.8) is 0 Å². The van der Waals surface area contributed by atoms with Crippen LogP contribution in [0.1, 0.15) is 45.7 Å². The van der Waals surface area contributed by atoms with E-state index in [0.717, 1.165) is 28.5 Å². The van der Waals surface area contributed by atoms with Gasteiger partial charge in [-0.05, 0) is 36.0 Å². The van der Waals surface area contributed by atoms with Crippen LogP contribution in [0.2, 0.25) is 0 Å². The van der Waals surface area contributed by atoms with Gasteiger partial charge in [-0.3, -0.25) is 19.4 Å². The van der Waals surface area contributed by atoms with Crippen molar-refractivity contribution in [2.24, 2.45) is 10.7 Å². The number of benzene rings is 2. The second-order valence-electron chi connectivity index (χ2n) is 11.2. The SMILES string of the molecule is CC(C)N=CC(=CN)C(=O)NC(Cc1ccc(-c2ncc(-c3ccc(C(C)(C)C)cc3)cn2)cc1)C(=O)NCC(=O)O. The Morgan fingerprint density at radius 2 is 1.55 bits per heavy atom. The first-order valence-corrected chi connectivity index (χ1v) is 13.6. The molecule has 10 nitrogen and oxygen atoms in total. The van der Waals surface area contributed by atoms with Crippen LogP contribution in [-0.4, -0.2) is 57.7 Å². The minimum absolute atomic E-state index is 0.0545. The maximum Gasteiger partial charge on any atom is 0.322 e. The Morgan fingerprint density at radius 1 is 0.952 bits per heavy atom. The molecule has 0 radical (unpaired) electrons. The number of amides is 2.